The van der Waals surface area contributed by atoms with Gasteiger partial charge in [0.25, 0.3) is 0 Å². The Morgan fingerprint density at radius 2 is 2.04 bits per heavy atom. The molecule has 23 heavy (non-hydrogen) atoms. The Morgan fingerprint density at radius 1 is 1.17 bits per heavy atom. The minimum atomic E-state index is -0.0570. The second kappa shape index (κ2) is 6.70. The zero-order chi connectivity index (χ0) is 16.2. The molecule has 0 aliphatic heterocycles. The van der Waals surface area contributed by atoms with E-state index in [0.717, 1.165) is 5.65 Å². The van der Waals surface area contributed by atoms with Gasteiger partial charge in [-0.3, -0.25) is 9.20 Å². The minimum Gasteiger partial charge on any atom is -0.497 e. The van der Waals surface area contributed by atoms with Gasteiger partial charge >= 0.3 is 0 Å². The van der Waals surface area contributed by atoms with E-state index < -0.39 is 0 Å². The molecule has 7 heteroatoms. The van der Waals surface area contributed by atoms with Crippen LogP contribution in [0.1, 0.15) is 10.4 Å². The first kappa shape index (κ1) is 15.4. The lowest BCUT2D eigenvalue weighted by Gasteiger charge is -2.09. The van der Waals surface area contributed by atoms with E-state index in [4.69, 9.17) is 9.47 Å². The van der Waals surface area contributed by atoms with E-state index >= 15 is 0 Å². The molecule has 0 saturated heterocycles. The highest BCUT2D eigenvalue weighted by molar-refractivity contribution is 7.99. The predicted octanol–water partition coefficient (Wildman–Crippen LogP) is 2.72. The van der Waals surface area contributed by atoms with E-state index in [0.29, 0.717) is 22.2 Å². The lowest BCUT2D eigenvalue weighted by atomic mass is 10.1. The van der Waals surface area contributed by atoms with Crippen LogP contribution in [0.3, 0.4) is 0 Å². The molecule has 0 atom stereocenters. The third-order valence-electron chi connectivity index (χ3n) is 3.32. The van der Waals surface area contributed by atoms with Gasteiger partial charge in [0.1, 0.15) is 11.5 Å². The third kappa shape index (κ3) is 3.14. The Balaban J connectivity index is 1.79. The van der Waals surface area contributed by atoms with Crippen LogP contribution in [0.4, 0.5) is 0 Å². The number of aromatic nitrogens is 3. The minimum absolute atomic E-state index is 0.0570. The SMILES string of the molecule is COc1ccc(OC)c(C(=O)CSc2nnc3ccccn23)c1. The smallest absolute Gasteiger partial charge is 0.196 e. The number of fused-ring (bicyclic) bond motifs is 1. The first-order valence-electron chi connectivity index (χ1n) is 6.90. The summed E-state index contributed by atoms with van der Waals surface area (Å²) in [4.78, 5) is 12.5. The fraction of sp³-hybridized carbons (Fsp3) is 0.188. The molecular formula is C16H15N3O3S. The topological polar surface area (TPSA) is 65.7 Å². The Hall–Kier alpha value is -2.54. The van der Waals surface area contributed by atoms with Crippen LogP contribution in [-0.4, -0.2) is 40.4 Å². The van der Waals surface area contributed by atoms with Gasteiger partial charge in [-0.05, 0) is 30.3 Å². The van der Waals surface area contributed by atoms with Crippen LogP contribution < -0.4 is 9.47 Å². The molecule has 0 amide bonds. The molecule has 0 N–H and O–H groups in total. The average molecular weight is 329 g/mol. The summed E-state index contributed by atoms with van der Waals surface area (Å²) >= 11 is 1.34. The van der Waals surface area contributed by atoms with Crippen molar-refractivity contribution in [2.24, 2.45) is 0 Å². The van der Waals surface area contributed by atoms with Crippen molar-refractivity contribution in [2.75, 3.05) is 20.0 Å². The number of rotatable bonds is 6. The monoisotopic (exact) mass is 329 g/mol. The van der Waals surface area contributed by atoms with Gasteiger partial charge in [0, 0.05) is 6.20 Å². The maximum atomic E-state index is 12.5. The molecule has 0 aliphatic rings. The number of ketones is 1. The summed E-state index contributed by atoms with van der Waals surface area (Å²) in [6.07, 6.45) is 1.87. The van der Waals surface area contributed by atoms with Gasteiger partial charge in [-0.15, -0.1) is 10.2 Å². The number of ether oxygens (including phenoxy) is 2. The molecule has 2 heterocycles. The maximum Gasteiger partial charge on any atom is 0.196 e. The van der Waals surface area contributed by atoms with E-state index in [1.165, 1.54) is 18.9 Å². The Morgan fingerprint density at radius 3 is 2.83 bits per heavy atom. The van der Waals surface area contributed by atoms with Crippen molar-refractivity contribution in [3.63, 3.8) is 0 Å². The zero-order valence-electron chi connectivity index (χ0n) is 12.7. The van der Waals surface area contributed by atoms with Gasteiger partial charge in [-0.1, -0.05) is 17.8 Å². The molecule has 118 valence electrons. The first-order valence-corrected chi connectivity index (χ1v) is 7.89. The largest absolute Gasteiger partial charge is 0.497 e. The number of carbonyl (C=O) groups excluding carboxylic acids is 1. The molecule has 2 aromatic heterocycles. The molecule has 6 nitrogen and oxygen atoms in total. The number of pyridine rings is 1. The summed E-state index contributed by atoms with van der Waals surface area (Å²) in [5.74, 6) is 1.33. The summed E-state index contributed by atoms with van der Waals surface area (Å²) in [5.41, 5.74) is 1.24. The predicted molar refractivity (Wildman–Crippen MR) is 87.6 cm³/mol. The number of methoxy groups -OCH3 is 2. The Bertz CT molecular complexity index is 847. The zero-order valence-corrected chi connectivity index (χ0v) is 13.5. The summed E-state index contributed by atoms with van der Waals surface area (Å²) in [5, 5.41) is 8.85. The summed E-state index contributed by atoms with van der Waals surface area (Å²) in [6.45, 7) is 0. The number of hydrogen-bond donors (Lipinski definition) is 0. The van der Waals surface area contributed by atoms with Crippen molar-refractivity contribution >= 4 is 23.2 Å². The van der Waals surface area contributed by atoms with E-state index in [9.17, 15) is 4.79 Å². The second-order valence-corrected chi connectivity index (χ2v) is 5.63. The van der Waals surface area contributed by atoms with Crippen molar-refractivity contribution in [1.29, 1.82) is 0 Å². The molecule has 0 saturated carbocycles. The molecule has 0 aliphatic carbocycles. The number of hydrogen-bond acceptors (Lipinski definition) is 6. The first-order chi connectivity index (χ1) is 11.2. The third-order valence-corrected chi connectivity index (χ3v) is 4.26. The van der Waals surface area contributed by atoms with E-state index in [-0.39, 0.29) is 11.5 Å². The number of Topliss-reactive ketones (excluding diaryl/α,β-unsaturated/α-hetero) is 1. The lowest BCUT2D eigenvalue weighted by molar-refractivity contribution is 0.101. The van der Waals surface area contributed by atoms with E-state index in [1.54, 1.807) is 25.3 Å². The van der Waals surface area contributed by atoms with Crippen molar-refractivity contribution in [2.45, 2.75) is 5.16 Å². The van der Waals surface area contributed by atoms with Crippen molar-refractivity contribution in [3.8, 4) is 11.5 Å². The van der Waals surface area contributed by atoms with Crippen LogP contribution >= 0.6 is 11.8 Å². The van der Waals surface area contributed by atoms with Gasteiger partial charge in [0.15, 0.2) is 16.6 Å². The molecule has 0 bridgehead atoms. The quantitative estimate of drug-likeness (QED) is 0.512. The average Bonchev–Trinajstić information content (AvgIpc) is 3.02. The summed E-state index contributed by atoms with van der Waals surface area (Å²) in [7, 11) is 3.10. The number of nitrogens with zero attached hydrogens (tertiary/aromatic N) is 3. The maximum absolute atomic E-state index is 12.5. The van der Waals surface area contributed by atoms with Gasteiger partial charge in [-0.2, -0.15) is 0 Å². The van der Waals surface area contributed by atoms with Crippen LogP contribution in [0.5, 0.6) is 11.5 Å². The second-order valence-electron chi connectivity index (χ2n) is 4.69. The molecule has 1 aromatic carbocycles. The van der Waals surface area contributed by atoms with E-state index in [2.05, 4.69) is 10.2 Å². The summed E-state index contributed by atoms with van der Waals surface area (Å²) in [6, 6.07) is 10.8. The molecule has 3 rings (SSSR count). The van der Waals surface area contributed by atoms with Crippen LogP contribution in [0, 0.1) is 0 Å². The Kier molecular flexibility index (Phi) is 4.47. The molecule has 0 unspecified atom stereocenters. The highest BCUT2D eigenvalue weighted by Crippen LogP contribution is 2.26. The van der Waals surface area contributed by atoms with Gasteiger partial charge < -0.3 is 9.47 Å². The highest BCUT2D eigenvalue weighted by Gasteiger charge is 2.15. The number of thioether (sulfide) groups is 1. The normalized spacial score (nSPS) is 10.7. The highest BCUT2D eigenvalue weighted by atomic mass is 32.2. The van der Waals surface area contributed by atoms with Crippen molar-refractivity contribution in [1.82, 2.24) is 14.6 Å². The molecule has 0 fully saturated rings. The van der Waals surface area contributed by atoms with Crippen LogP contribution in [0.2, 0.25) is 0 Å². The van der Waals surface area contributed by atoms with Gasteiger partial charge in [-0.25, -0.2) is 0 Å². The summed E-state index contributed by atoms with van der Waals surface area (Å²) < 4.78 is 12.3. The van der Waals surface area contributed by atoms with Crippen molar-refractivity contribution in [3.05, 3.63) is 48.2 Å². The number of carbonyl (C=O) groups is 1. The lowest BCUT2D eigenvalue weighted by Crippen LogP contribution is -2.06. The van der Waals surface area contributed by atoms with E-state index in [1.807, 2.05) is 28.8 Å². The van der Waals surface area contributed by atoms with Gasteiger partial charge in [0.2, 0.25) is 0 Å². The fourth-order valence-electron chi connectivity index (χ4n) is 2.16. The number of benzene rings is 1. The standard InChI is InChI=1S/C16H15N3O3S/c1-21-11-6-7-14(22-2)12(9-11)13(20)10-23-16-18-17-15-5-3-4-8-19(15)16/h3-9H,10H2,1-2H3. The molecule has 0 radical (unpaired) electrons. The van der Waals surface area contributed by atoms with Crippen LogP contribution in [0.15, 0.2) is 47.8 Å². The van der Waals surface area contributed by atoms with Crippen LogP contribution in [0.25, 0.3) is 5.65 Å². The van der Waals surface area contributed by atoms with Crippen molar-refractivity contribution < 1.29 is 14.3 Å². The molecular weight excluding hydrogens is 314 g/mol. The fourth-order valence-corrected chi connectivity index (χ4v) is 2.97. The Labute approximate surface area is 137 Å². The molecule has 0 spiro atoms. The van der Waals surface area contributed by atoms with Gasteiger partial charge in [0.05, 0.1) is 25.5 Å². The molecule has 3 aromatic rings. The van der Waals surface area contributed by atoms with Crippen LogP contribution in [-0.2, 0) is 0 Å².